The summed E-state index contributed by atoms with van der Waals surface area (Å²) >= 11 is 0. The van der Waals surface area contributed by atoms with Crippen molar-refractivity contribution in [3.63, 3.8) is 0 Å². The standard InChI is InChI=1S/C33H29N3O/c1-25-12-15-28-21-32(19-16-27(28)20-25)35(23-33-24-37-33)34-22-26-13-17-31(18-14-26)36(29-8-4-2-5-9-29)30-10-6-3-7-11-30/h2-22,33H,23-24H2,1H3/b34-22+. The van der Waals surface area contributed by atoms with Gasteiger partial charge in [-0.05, 0) is 71.8 Å². The summed E-state index contributed by atoms with van der Waals surface area (Å²) in [6.45, 7) is 3.66. The Hall–Kier alpha value is -4.41. The molecular weight excluding hydrogens is 454 g/mol. The van der Waals surface area contributed by atoms with Crippen LogP contribution < -0.4 is 9.91 Å². The summed E-state index contributed by atoms with van der Waals surface area (Å²) < 4.78 is 5.52. The van der Waals surface area contributed by atoms with Crippen LogP contribution in [-0.2, 0) is 4.74 Å². The van der Waals surface area contributed by atoms with Crippen molar-refractivity contribution in [1.29, 1.82) is 0 Å². The number of hydrazone groups is 1. The van der Waals surface area contributed by atoms with Crippen LogP contribution in [-0.4, -0.2) is 25.5 Å². The molecule has 0 aliphatic carbocycles. The van der Waals surface area contributed by atoms with Gasteiger partial charge in [-0.1, -0.05) is 78.4 Å². The summed E-state index contributed by atoms with van der Waals surface area (Å²) in [4.78, 5) is 2.26. The number of anilines is 4. The highest BCUT2D eigenvalue weighted by atomic mass is 16.6. The average molecular weight is 484 g/mol. The molecule has 4 nitrogen and oxygen atoms in total. The molecule has 0 aromatic heterocycles. The number of ether oxygens (including phenoxy) is 1. The molecule has 1 unspecified atom stereocenters. The van der Waals surface area contributed by atoms with Crippen LogP contribution >= 0.6 is 0 Å². The molecule has 0 spiro atoms. The van der Waals surface area contributed by atoms with E-state index in [2.05, 4.69) is 121 Å². The van der Waals surface area contributed by atoms with E-state index < -0.39 is 0 Å². The highest BCUT2D eigenvalue weighted by Crippen LogP contribution is 2.34. The zero-order valence-corrected chi connectivity index (χ0v) is 20.9. The monoisotopic (exact) mass is 483 g/mol. The second-order valence-electron chi connectivity index (χ2n) is 9.41. The maximum atomic E-state index is 5.52. The molecule has 0 saturated carbocycles. The molecule has 1 heterocycles. The van der Waals surface area contributed by atoms with Gasteiger partial charge >= 0.3 is 0 Å². The van der Waals surface area contributed by atoms with Crippen molar-refractivity contribution < 1.29 is 4.74 Å². The third-order valence-corrected chi connectivity index (χ3v) is 6.58. The number of nitrogens with zero attached hydrogens (tertiary/aromatic N) is 3. The molecule has 37 heavy (non-hydrogen) atoms. The van der Waals surface area contributed by atoms with E-state index >= 15 is 0 Å². The summed E-state index contributed by atoms with van der Waals surface area (Å²) in [5, 5.41) is 9.38. The zero-order chi connectivity index (χ0) is 25.0. The smallest absolute Gasteiger partial charge is 0.101 e. The molecule has 5 aromatic carbocycles. The SMILES string of the molecule is Cc1ccc2cc(N(CC3CO3)/N=C/c3ccc(N(c4ccccc4)c4ccccc4)cc3)ccc2c1. The summed E-state index contributed by atoms with van der Waals surface area (Å²) in [5.41, 5.74) is 6.72. The van der Waals surface area contributed by atoms with E-state index in [4.69, 9.17) is 9.84 Å². The third kappa shape index (κ3) is 5.40. The number of para-hydroxylation sites is 2. The molecule has 1 aliphatic rings. The molecule has 1 fully saturated rings. The molecule has 1 saturated heterocycles. The number of epoxide rings is 1. The van der Waals surface area contributed by atoms with Crippen molar-refractivity contribution in [2.24, 2.45) is 5.10 Å². The second-order valence-corrected chi connectivity index (χ2v) is 9.41. The minimum absolute atomic E-state index is 0.235. The fourth-order valence-corrected chi connectivity index (χ4v) is 4.55. The minimum Gasteiger partial charge on any atom is -0.371 e. The Morgan fingerprint density at radius 2 is 1.27 bits per heavy atom. The molecule has 1 aliphatic heterocycles. The average Bonchev–Trinajstić information content (AvgIpc) is 3.77. The molecule has 0 radical (unpaired) electrons. The van der Waals surface area contributed by atoms with E-state index in [1.54, 1.807) is 0 Å². The Morgan fingerprint density at radius 1 is 0.703 bits per heavy atom. The maximum Gasteiger partial charge on any atom is 0.101 e. The van der Waals surface area contributed by atoms with Crippen LogP contribution in [0.5, 0.6) is 0 Å². The van der Waals surface area contributed by atoms with E-state index in [9.17, 15) is 0 Å². The lowest BCUT2D eigenvalue weighted by atomic mass is 10.1. The normalized spacial score (nSPS) is 14.7. The van der Waals surface area contributed by atoms with Gasteiger partial charge in [-0.3, -0.25) is 5.01 Å². The van der Waals surface area contributed by atoms with Gasteiger partial charge in [0.1, 0.15) is 6.10 Å². The predicted molar refractivity (Wildman–Crippen MR) is 154 cm³/mol. The van der Waals surface area contributed by atoms with Crippen molar-refractivity contribution in [1.82, 2.24) is 0 Å². The van der Waals surface area contributed by atoms with Gasteiger partial charge in [0.25, 0.3) is 0 Å². The summed E-state index contributed by atoms with van der Waals surface area (Å²) in [5.74, 6) is 0. The van der Waals surface area contributed by atoms with Crippen molar-refractivity contribution in [2.75, 3.05) is 23.1 Å². The minimum atomic E-state index is 0.235. The van der Waals surface area contributed by atoms with Crippen LogP contribution in [0.3, 0.4) is 0 Å². The third-order valence-electron chi connectivity index (χ3n) is 6.58. The first-order valence-corrected chi connectivity index (χ1v) is 12.7. The van der Waals surface area contributed by atoms with Crippen LogP contribution in [0.2, 0.25) is 0 Å². The van der Waals surface area contributed by atoms with Gasteiger partial charge in [-0.15, -0.1) is 0 Å². The topological polar surface area (TPSA) is 31.4 Å². The first-order valence-electron chi connectivity index (χ1n) is 12.7. The van der Waals surface area contributed by atoms with Crippen LogP contribution in [0.1, 0.15) is 11.1 Å². The van der Waals surface area contributed by atoms with E-state index in [0.29, 0.717) is 0 Å². The van der Waals surface area contributed by atoms with Crippen LogP contribution in [0.15, 0.2) is 126 Å². The molecule has 0 amide bonds. The van der Waals surface area contributed by atoms with Crippen molar-refractivity contribution >= 4 is 39.7 Å². The molecule has 0 bridgehead atoms. The number of hydrogen-bond donors (Lipinski definition) is 0. The Morgan fingerprint density at radius 3 is 1.92 bits per heavy atom. The Balaban J connectivity index is 1.27. The molecule has 0 N–H and O–H groups in total. The van der Waals surface area contributed by atoms with Gasteiger partial charge in [0.05, 0.1) is 25.1 Å². The highest BCUT2D eigenvalue weighted by molar-refractivity contribution is 5.87. The fourth-order valence-electron chi connectivity index (χ4n) is 4.55. The molecule has 5 aromatic rings. The van der Waals surface area contributed by atoms with Gasteiger partial charge in [0.15, 0.2) is 0 Å². The first kappa shape index (κ1) is 23.0. The highest BCUT2D eigenvalue weighted by Gasteiger charge is 2.25. The lowest BCUT2D eigenvalue weighted by Crippen LogP contribution is -2.22. The van der Waals surface area contributed by atoms with Gasteiger partial charge in [0, 0.05) is 17.1 Å². The second kappa shape index (κ2) is 10.3. The lowest BCUT2D eigenvalue weighted by molar-refractivity contribution is 0.408. The molecule has 182 valence electrons. The Kier molecular flexibility index (Phi) is 6.40. The number of rotatable bonds is 8. The van der Waals surface area contributed by atoms with E-state index in [0.717, 1.165) is 41.5 Å². The molecular formula is C33H29N3O. The van der Waals surface area contributed by atoms with Crippen LogP contribution in [0, 0.1) is 6.92 Å². The van der Waals surface area contributed by atoms with Crippen molar-refractivity contribution in [3.05, 3.63) is 132 Å². The Labute approximate surface area is 218 Å². The largest absolute Gasteiger partial charge is 0.371 e. The number of benzene rings is 5. The van der Waals surface area contributed by atoms with Gasteiger partial charge < -0.3 is 9.64 Å². The van der Waals surface area contributed by atoms with Crippen molar-refractivity contribution in [3.8, 4) is 0 Å². The predicted octanol–water partition coefficient (Wildman–Crippen LogP) is 7.86. The summed E-state index contributed by atoms with van der Waals surface area (Å²) in [7, 11) is 0. The number of aryl methyl sites for hydroxylation is 1. The summed E-state index contributed by atoms with van der Waals surface area (Å²) in [6.07, 6.45) is 2.17. The van der Waals surface area contributed by atoms with E-state index in [1.807, 2.05) is 23.4 Å². The van der Waals surface area contributed by atoms with Gasteiger partial charge in [-0.25, -0.2) is 0 Å². The van der Waals surface area contributed by atoms with Crippen LogP contribution in [0.25, 0.3) is 10.8 Å². The van der Waals surface area contributed by atoms with Gasteiger partial charge in [0.2, 0.25) is 0 Å². The number of hydrogen-bond acceptors (Lipinski definition) is 4. The molecule has 4 heteroatoms. The summed E-state index contributed by atoms with van der Waals surface area (Å²) in [6, 6.07) is 42.5. The van der Waals surface area contributed by atoms with Crippen LogP contribution in [0.4, 0.5) is 22.7 Å². The Bertz CT molecular complexity index is 1470. The van der Waals surface area contributed by atoms with E-state index in [-0.39, 0.29) is 6.10 Å². The number of fused-ring (bicyclic) bond motifs is 1. The van der Waals surface area contributed by atoms with E-state index in [1.165, 1.54) is 16.3 Å². The lowest BCUT2D eigenvalue weighted by Gasteiger charge is -2.25. The zero-order valence-electron chi connectivity index (χ0n) is 20.9. The molecule has 1 atom stereocenters. The quantitative estimate of drug-likeness (QED) is 0.128. The van der Waals surface area contributed by atoms with Crippen molar-refractivity contribution in [2.45, 2.75) is 13.0 Å². The van der Waals surface area contributed by atoms with Gasteiger partial charge in [-0.2, -0.15) is 5.10 Å². The fraction of sp³-hybridized carbons (Fsp3) is 0.121. The maximum absolute atomic E-state index is 5.52. The first-order chi connectivity index (χ1) is 18.2. The molecule has 6 rings (SSSR count).